The van der Waals surface area contributed by atoms with Gasteiger partial charge in [0.05, 0.1) is 0 Å². The minimum Gasteiger partial charge on any atom is -0.387 e. The van der Waals surface area contributed by atoms with Crippen LogP contribution in [-0.2, 0) is 0 Å². The Hall–Kier alpha value is -0.250. The minimum atomic E-state index is -3.35. The van der Waals surface area contributed by atoms with E-state index < -0.39 is 23.1 Å². The molecule has 2 bridgehead atoms. The van der Waals surface area contributed by atoms with Crippen LogP contribution in [0.3, 0.4) is 0 Å². The first-order valence-corrected chi connectivity index (χ1v) is 5.62. The van der Waals surface area contributed by atoms with Gasteiger partial charge < -0.3 is 5.11 Å². The Balaban J connectivity index is 2.35. The Morgan fingerprint density at radius 1 is 1.20 bits per heavy atom. The van der Waals surface area contributed by atoms with Gasteiger partial charge in [-0.1, -0.05) is 13.3 Å². The lowest BCUT2D eigenvalue weighted by atomic mass is 9.54. The van der Waals surface area contributed by atoms with Crippen LogP contribution in [0.4, 0.5) is 13.2 Å². The third-order valence-electron chi connectivity index (χ3n) is 4.30. The van der Waals surface area contributed by atoms with Crippen LogP contribution in [0, 0.1) is 5.41 Å². The van der Waals surface area contributed by atoms with Crippen molar-refractivity contribution in [2.24, 2.45) is 5.41 Å². The van der Waals surface area contributed by atoms with E-state index >= 15 is 0 Å². The van der Waals surface area contributed by atoms with Gasteiger partial charge >= 0.3 is 0 Å². The van der Waals surface area contributed by atoms with Crippen LogP contribution >= 0.6 is 0 Å². The van der Waals surface area contributed by atoms with Gasteiger partial charge in [0.15, 0.2) is 6.17 Å². The molecule has 0 saturated heterocycles. The van der Waals surface area contributed by atoms with Crippen LogP contribution in [0.25, 0.3) is 0 Å². The zero-order chi connectivity index (χ0) is 11.3. The smallest absolute Gasteiger partial charge is 0.287 e. The van der Waals surface area contributed by atoms with Crippen molar-refractivity contribution in [2.45, 2.75) is 63.1 Å². The van der Waals surface area contributed by atoms with E-state index in [1.807, 2.05) is 6.92 Å². The second kappa shape index (κ2) is 3.12. The van der Waals surface area contributed by atoms with Gasteiger partial charge in [-0.2, -0.15) is 0 Å². The zero-order valence-corrected chi connectivity index (χ0v) is 8.90. The molecule has 3 fully saturated rings. The number of alkyl halides is 3. The molecule has 1 unspecified atom stereocenters. The summed E-state index contributed by atoms with van der Waals surface area (Å²) in [5, 5.41) is 9.75. The van der Waals surface area contributed by atoms with Crippen molar-refractivity contribution in [3.63, 3.8) is 0 Å². The monoisotopic (exact) mass is 222 g/mol. The molecule has 0 amide bonds. The maximum atomic E-state index is 13.8. The van der Waals surface area contributed by atoms with Crippen molar-refractivity contribution >= 4 is 0 Å². The summed E-state index contributed by atoms with van der Waals surface area (Å²) in [6.07, 6.45) is -0.501. The number of aliphatic hydroxyl groups is 1. The Kier molecular flexibility index (Phi) is 2.34. The summed E-state index contributed by atoms with van der Waals surface area (Å²) in [5.74, 6) is -3.35. The van der Waals surface area contributed by atoms with Gasteiger partial charge in [-0.05, 0) is 32.1 Å². The van der Waals surface area contributed by atoms with Gasteiger partial charge in [-0.3, -0.25) is 0 Å². The zero-order valence-electron chi connectivity index (χ0n) is 8.90. The largest absolute Gasteiger partial charge is 0.387 e. The molecule has 0 aromatic rings. The van der Waals surface area contributed by atoms with Gasteiger partial charge in [0, 0.05) is 5.41 Å². The summed E-state index contributed by atoms with van der Waals surface area (Å²) in [5.41, 5.74) is -2.95. The van der Waals surface area contributed by atoms with Crippen LogP contribution in [-0.4, -0.2) is 22.8 Å². The number of hydrogen-bond acceptors (Lipinski definition) is 1. The van der Waals surface area contributed by atoms with E-state index in [-0.39, 0.29) is 25.7 Å². The summed E-state index contributed by atoms with van der Waals surface area (Å²) in [4.78, 5) is 0. The van der Waals surface area contributed by atoms with Crippen LogP contribution in [0.2, 0.25) is 0 Å². The van der Waals surface area contributed by atoms with Gasteiger partial charge in [0.25, 0.3) is 5.92 Å². The van der Waals surface area contributed by atoms with Crippen LogP contribution in [0.15, 0.2) is 0 Å². The fourth-order valence-electron chi connectivity index (χ4n) is 3.25. The molecule has 3 saturated carbocycles. The van der Waals surface area contributed by atoms with Crippen LogP contribution < -0.4 is 0 Å². The maximum absolute atomic E-state index is 13.8. The van der Waals surface area contributed by atoms with E-state index in [1.54, 1.807) is 0 Å². The molecule has 0 aliphatic heterocycles. The Labute approximate surface area is 87.7 Å². The standard InChI is InChI=1S/C11H17F3O/c1-2-3-9-4-6-10(15,7-5-9)8(12)11(9,13)14/h8,15H,2-7H2,1H3. The van der Waals surface area contributed by atoms with Crippen molar-refractivity contribution in [1.29, 1.82) is 0 Å². The molecule has 15 heavy (non-hydrogen) atoms. The Morgan fingerprint density at radius 2 is 1.73 bits per heavy atom. The average molecular weight is 222 g/mol. The van der Waals surface area contributed by atoms with Crippen molar-refractivity contribution in [3.05, 3.63) is 0 Å². The first-order valence-electron chi connectivity index (χ1n) is 5.62. The number of rotatable bonds is 2. The summed E-state index contributed by atoms with van der Waals surface area (Å²) < 4.78 is 41.3. The van der Waals surface area contributed by atoms with E-state index in [9.17, 15) is 18.3 Å². The average Bonchev–Trinajstić information content (AvgIpc) is 2.19. The fraction of sp³-hybridized carbons (Fsp3) is 1.00. The fourth-order valence-corrected chi connectivity index (χ4v) is 3.25. The second-order valence-corrected chi connectivity index (χ2v) is 5.12. The molecule has 0 aromatic carbocycles. The molecule has 3 aliphatic carbocycles. The highest BCUT2D eigenvalue weighted by Gasteiger charge is 2.70. The normalized spacial score (nSPS) is 48.2. The van der Waals surface area contributed by atoms with Crippen molar-refractivity contribution < 1.29 is 18.3 Å². The number of hydrogen-bond donors (Lipinski definition) is 1. The third kappa shape index (κ3) is 1.26. The van der Waals surface area contributed by atoms with Crippen molar-refractivity contribution in [3.8, 4) is 0 Å². The van der Waals surface area contributed by atoms with E-state index in [2.05, 4.69) is 0 Å². The SMILES string of the molecule is CCCC12CCC(O)(CC1)C(F)C2(F)F. The molecule has 0 radical (unpaired) electrons. The first kappa shape index (κ1) is 11.2. The molecule has 88 valence electrons. The summed E-state index contributed by atoms with van der Waals surface area (Å²) in [7, 11) is 0. The van der Waals surface area contributed by atoms with Gasteiger partial charge in [0.1, 0.15) is 5.60 Å². The number of halogens is 3. The molecular formula is C11H17F3O. The highest BCUT2D eigenvalue weighted by Crippen LogP contribution is 2.62. The highest BCUT2D eigenvalue weighted by atomic mass is 19.3. The summed E-state index contributed by atoms with van der Waals surface area (Å²) in [6.45, 7) is 1.84. The molecule has 0 heterocycles. The number of fused-ring (bicyclic) bond motifs is 3. The van der Waals surface area contributed by atoms with Gasteiger partial charge in [0.2, 0.25) is 0 Å². The molecule has 0 spiro atoms. The van der Waals surface area contributed by atoms with E-state index in [0.29, 0.717) is 12.8 Å². The molecule has 1 atom stereocenters. The van der Waals surface area contributed by atoms with E-state index in [0.717, 1.165) is 0 Å². The second-order valence-electron chi connectivity index (χ2n) is 5.12. The van der Waals surface area contributed by atoms with Crippen LogP contribution in [0.1, 0.15) is 45.4 Å². The third-order valence-corrected chi connectivity index (χ3v) is 4.30. The lowest BCUT2D eigenvalue weighted by Gasteiger charge is -2.57. The Bertz CT molecular complexity index is 257. The minimum absolute atomic E-state index is 0.184. The Morgan fingerprint density at radius 3 is 2.20 bits per heavy atom. The lowest BCUT2D eigenvalue weighted by molar-refractivity contribution is -0.290. The molecule has 1 nitrogen and oxygen atoms in total. The van der Waals surface area contributed by atoms with Crippen molar-refractivity contribution in [2.75, 3.05) is 0 Å². The van der Waals surface area contributed by atoms with E-state index in [4.69, 9.17) is 0 Å². The molecule has 3 rings (SSSR count). The topological polar surface area (TPSA) is 20.2 Å². The predicted octanol–water partition coefficient (Wildman–Crippen LogP) is 3.07. The molecule has 1 N–H and O–H groups in total. The van der Waals surface area contributed by atoms with Crippen molar-refractivity contribution in [1.82, 2.24) is 0 Å². The molecule has 4 heteroatoms. The lowest BCUT2D eigenvalue weighted by Crippen LogP contribution is -2.66. The van der Waals surface area contributed by atoms with Gasteiger partial charge in [-0.25, -0.2) is 13.2 Å². The quantitative estimate of drug-likeness (QED) is 0.761. The van der Waals surface area contributed by atoms with E-state index in [1.165, 1.54) is 0 Å². The first-order chi connectivity index (χ1) is 6.88. The molecule has 0 aromatic heterocycles. The van der Waals surface area contributed by atoms with Crippen LogP contribution in [0.5, 0.6) is 0 Å². The summed E-state index contributed by atoms with van der Waals surface area (Å²) in [6, 6.07) is 0. The van der Waals surface area contributed by atoms with Gasteiger partial charge in [-0.15, -0.1) is 0 Å². The molecule has 3 aliphatic rings. The molecular weight excluding hydrogens is 205 g/mol. The highest BCUT2D eigenvalue weighted by molar-refractivity contribution is 5.14. The summed E-state index contributed by atoms with van der Waals surface area (Å²) >= 11 is 0. The maximum Gasteiger partial charge on any atom is 0.287 e. The predicted molar refractivity (Wildman–Crippen MR) is 50.6 cm³/mol.